The SMILES string of the molecule is CC1CCCN(C(N)=NCCOc2ccccc2Cl)C1. The Morgan fingerprint density at radius 3 is 3.05 bits per heavy atom. The summed E-state index contributed by atoms with van der Waals surface area (Å²) in [6.07, 6.45) is 2.47. The molecule has 0 saturated carbocycles. The lowest BCUT2D eigenvalue weighted by atomic mass is 10.0. The van der Waals surface area contributed by atoms with Crippen molar-refractivity contribution in [2.45, 2.75) is 19.8 Å². The van der Waals surface area contributed by atoms with Crippen LogP contribution in [0.2, 0.25) is 5.02 Å². The van der Waals surface area contributed by atoms with E-state index in [0.29, 0.717) is 35.8 Å². The molecule has 4 nitrogen and oxygen atoms in total. The van der Waals surface area contributed by atoms with Crippen molar-refractivity contribution in [2.75, 3.05) is 26.2 Å². The molecule has 1 fully saturated rings. The monoisotopic (exact) mass is 295 g/mol. The van der Waals surface area contributed by atoms with E-state index >= 15 is 0 Å². The topological polar surface area (TPSA) is 50.8 Å². The van der Waals surface area contributed by atoms with Gasteiger partial charge in [0, 0.05) is 13.1 Å². The smallest absolute Gasteiger partial charge is 0.191 e. The van der Waals surface area contributed by atoms with Gasteiger partial charge in [0.25, 0.3) is 0 Å². The molecule has 1 aromatic carbocycles. The fraction of sp³-hybridized carbons (Fsp3) is 0.533. The third-order valence-corrected chi connectivity index (χ3v) is 3.75. The average molecular weight is 296 g/mol. The van der Waals surface area contributed by atoms with Gasteiger partial charge < -0.3 is 15.4 Å². The van der Waals surface area contributed by atoms with Gasteiger partial charge in [-0.1, -0.05) is 30.7 Å². The molecule has 2 N–H and O–H groups in total. The predicted molar refractivity (Wildman–Crippen MR) is 83.4 cm³/mol. The number of hydrogen-bond donors (Lipinski definition) is 1. The summed E-state index contributed by atoms with van der Waals surface area (Å²) >= 11 is 6.01. The van der Waals surface area contributed by atoms with E-state index in [0.717, 1.165) is 13.1 Å². The van der Waals surface area contributed by atoms with Crippen molar-refractivity contribution < 1.29 is 4.74 Å². The van der Waals surface area contributed by atoms with Crippen molar-refractivity contribution >= 4 is 17.6 Å². The molecule has 110 valence electrons. The van der Waals surface area contributed by atoms with Crippen LogP contribution in [-0.2, 0) is 0 Å². The number of aliphatic imine (C=N–C) groups is 1. The first-order valence-electron chi connectivity index (χ1n) is 7.09. The van der Waals surface area contributed by atoms with E-state index in [1.54, 1.807) is 0 Å². The lowest BCUT2D eigenvalue weighted by molar-refractivity contribution is 0.269. The molecule has 0 aromatic heterocycles. The molecule has 0 bridgehead atoms. The van der Waals surface area contributed by atoms with Crippen LogP contribution in [0.4, 0.5) is 0 Å². The molecular formula is C15H22ClN3O. The fourth-order valence-electron chi connectivity index (χ4n) is 2.38. The fourth-order valence-corrected chi connectivity index (χ4v) is 2.57. The van der Waals surface area contributed by atoms with Crippen LogP contribution in [0.25, 0.3) is 0 Å². The molecule has 1 aromatic rings. The van der Waals surface area contributed by atoms with Crippen molar-refractivity contribution in [2.24, 2.45) is 16.6 Å². The number of hydrogen-bond acceptors (Lipinski definition) is 2. The molecule has 5 heteroatoms. The minimum absolute atomic E-state index is 0.480. The van der Waals surface area contributed by atoms with E-state index < -0.39 is 0 Å². The number of para-hydroxylation sites is 1. The molecule has 0 radical (unpaired) electrons. The van der Waals surface area contributed by atoms with Gasteiger partial charge in [0.05, 0.1) is 11.6 Å². The van der Waals surface area contributed by atoms with Gasteiger partial charge in [0.15, 0.2) is 5.96 Å². The van der Waals surface area contributed by atoms with Gasteiger partial charge in [-0.25, -0.2) is 4.99 Å². The summed E-state index contributed by atoms with van der Waals surface area (Å²) in [5, 5.41) is 0.620. The number of nitrogens with zero attached hydrogens (tertiary/aromatic N) is 2. The van der Waals surface area contributed by atoms with Gasteiger partial charge in [0.1, 0.15) is 12.4 Å². The first-order valence-corrected chi connectivity index (χ1v) is 7.47. The second kappa shape index (κ2) is 7.39. The zero-order valence-corrected chi connectivity index (χ0v) is 12.6. The Kier molecular flexibility index (Phi) is 5.53. The van der Waals surface area contributed by atoms with Crippen LogP contribution in [-0.4, -0.2) is 37.1 Å². The minimum Gasteiger partial charge on any atom is -0.490 e. The number of benzene rings is 1. The van der Waals surface area contributed by atoms with Crippen LogP contribution in [0.1, 0.15) is 19.8 Å². The molecule has 0 spiro atoms. The van der Waals surface area contributed by atoms with Crippen molar-refractivity contribution in [3.05, 3.63) is 29.3 Å². The quantitative estimate of drug-likeness (QED) is 0.528. The lowest BCUT2D eigenvalue weighted by Gasteiger charge is -2.31. The van der Waals surface area contributed by atoms with E-state index in [2.05, 4.69) is 16.8 Å². The van der Waals surface area contributed by atoms with Gasteiger partial charge >= 0.3 is 0 Å². The summed E-state index contributed by atoms with van der Waals surface area (Å²) < 4.78 is 5.58. The van der Waals surface area contributed by atoms with Crippen LogP contribution in [0.3, 0.4) is 0 Å². The highest BCUT2D eigenvalue weighted by atomic mass is 35.5. The van der Waals surface area contributed by atoms with Crippen LogP contribution in [0.5, 0.6) is 5.75 Å². The molecule has 0 amide bonds. The van der Waals surface area contributed by atoms with Crippen molar-refractivity contribution in [1.82, 2.24) is 4.90 Å². The van der Waals surface area contributed by atoms with E-state index in [1.807, 2.05) is 24.3 Å². The molecule has 2 rings (SSSR count). The summed E-state index contributed by atoms with van der Waals surface area (Å²) in [4.78, 5) is 6.54. The number of nitrogens with two attached hydrogens (primary N) is 1. The third kappa shape index (κ3) is 4.30. The maximum absolute atomic E-state index is 6.01. The molecule has 1 unspecified atom stereocenters. The van der Waals surface area contributed by atoms with E-state index in [4.69, 9.17) is 22.1 Å². The predicted octanol–water partition coefficient (Wildman–Crippen LogP) is 2.77. The van der Waals surface area contributed by atoms with Crippen molar-refractivity contribution in [3.63, 3.8) is 0 Å². The Morgan fingerprint density at radius 1 is 1.50 bits per heavy atom. The van der Waals surface area contributed by atoms with E-state index in [1.165, 1.54) is 12.8 Å². The number of guanidine groups is 1. The second-order valence-corrected chi connectivity index (χ2v) is 5.62. The third-order valence-electron chi connectivity index (χ3n) is 3.44. The molecule has 0 aliphatic carbocycles. The number of rotatable bonds is 4. The summed E-state index contributed by atoms with van der Waals surface area (Å²) in [6.45, 7) is 5.28. The van der Waals surface area contributed by atoms with Crippen LogP contribution in [0.15, 0.2) is 29.3 Å². The Morgan fingerprint density at radius 2 is 2.30 bits per heavy atom. The average Bonchev–Trinajstić information content (AvgIpc) is 2.45. The van der Waals surface area contributed by atoms with Gasteiger partial charge in [-0.15, -0.1) is 0 Å². The van der Waals surface area contributed by atoms with Crippen molar-refractivity contribution in [1.29, 1.82) is 0 Å². The molecular weight excluding hydrogens is 274 g/mol. The lowest BCUT2D eigenvalue weighted by Crippen LogP contribution is -2.43. The Balaban J connectivity index is 1.77. The van der Waals surface area contributed by atoms with Gasteiger partial charge in [-0.2, -0.15) is 0 Å². The largest absolute Gasteiger partial charge is 0.490 e. The second-order valence-electron chi connectivity index (χ2n) is 5.21. The standard InChI is InChI=1S/C15H22ClN3O/c1-12-5-4-9-19(11-12)15(17)18-8-10-20-14-7-3-2-6-13(14)16/h2-3,6-7,12H,4-5,8-11H2,1H3,(H2,17,18). The normalized spacial score (nSPS) is 20.0. The Hall–Kier alpha value is -1.42. The minimum atomic E-state index is 0.480. The highest BCUT2D eigenvalue weighted by Gasteiger charge is 2.17. The zero-order chi connectivity index (χ0) is 14.4. The number of piperidine rings is 1. The van der Waals surface area contributed by atoms with Crippen LogP contribution in [0, 0.1) is 5.92 Å². The number of likely N-dealkylation sites (tertiary alicyclic amines) is 1. The van der Waals surface area contributed by atoms with Gasteiger partial charge in [0.2, 0.25) is 0 Å². The van der Waals surface area contributed by atoms with Gasteiger partial charge in [-0.3, -0.25) is 0 Å². The summed E-state index contributed by atoms with van der Waals surface area (Å²) in [5.41, 5.74) is 6.01. The number of ether oxygens (including phenoxy) is 1. The van der Waals surface area contributed by atoms with Crippen molar-refractivity contribution in [3.8, 4) is 5.75 Å². The molecule has 1 aliphatic rings. The highest BCUT2D eigenvalue weighted by molar-refractivity contribution is 6.32. The summed E-state index contributed by atoms with van der Waals surface area (Å²) in [7, 11) is 0. The zero-order valence-electron chi connectivity index (χ0n) is 11.9. The highest BCUT2D eigenvalue weighted by Crippen LogP contribution is 2.22. The van der Waals surface area contributed by atoms with Crippen LogP contribution >= 0.6 is 11.6 Å². The number of halogens is 1. The molecule has 1 aliphatic heterocycles. The van der Waals surface area contributed by atoms with Crippen LogP contribution < -0.4 is 10.5 Å². The van der Waals surface area contributed by atoms with E-state index in [9.17, 15) is 0 Å². The molecule has 1 saturated heterocycles. The van der Waals surface area contributed by atoms with Gasteiger partial charge in [-0.05, 0) is 30.9 Å². The first kappa shape index (κ1) is 15.0. The maximum Gasteiger partial charge on any atom is 0.191 e. The Labute approximate surface area is 125 Å². The molecule has 20 heavy (non-hydrogen) atoms. The first-order chi connectivity index (χ1) is 9.66. The summed E-state index contributed by atoms with van der Waals surface area (Å²) in [6, 6.07) is 7.43. The van der Waals surface area contributed by atoms with E-state index in [-0.39, 0.29) is 0 Å². The molecule has 1 atom stereocenters. The summed E-state index contributed by atoms with van der Waals surface area (Å²) in [5.74, 6) is 2.01. The molecule has 1 heterocycles. The maximum atomic E-state index is 6.01. The Bertz CT molecular complexity index is 464.